The van der Waals surface area contributed by atoms with Crippen LogP contribution in [0, 0.1) is 0 Å². The molecule has 4 aromatic rings. The van der Waals surface area contributed by atoms with Crippen LogP contribution < -0.4 is 10.5 Å². The van der Waals surface area contributed by atoms with E-state index in [4.69, 9.17) is 15.2 Å². The Morgan fingerprint density at radius 3 is 2.75 bits per heavy atom. The number of para-hydroxylation sites is 1. The number of nitrogens with zero attached hydrogens (tertiary/aromatic N) is 2. The number of imidazole rings is 1. The molecular weight excluding hydrogens is 406 g/mol. The van der Waals surface area contributed by atoms with Crippen LogP contribution in [-0.4, -0.2) is 27.9 Å². The van der Waals surface area contributed by atoms with E-state index in [1.165, 1.54) is 0 Å². The number of carbonyl (C=O) groups is 2. The number of carbonyl (C=O) groups excluding carboxylic acids is 2. The Morgan fingerprint density at radius 2 is 1.94 bits per heavy atom. The number of aromatic nitrogens is 2. The highest BCUT2D eigenvalue weighted by Gasteiger charge is 2.17. The molecule has 162 valence electrons. The topological polar surface area (TPSA) is 95.9 Å². The van der Waals surface area contributed by atoms with E-state index in [-0.39, 0.29) is 12.4 Å². The second-order valence-electron chi connectivity index (χ2n) is 7.18. The van der Waals surface area contributed by atoms with Crippen molar-refractivity contribution in [2.24, 2.45) is 5.73 Å². The Hall–Kier alpha value is -3.97. The van der Waals surface area contributed by atoms with Crippen molar-refractivity contribution in [2.75, 3.05) is 6.61 Å². The number of hydrogen-bond donors (Lipinski definition) is 1. The molecule has 2 aromatic heterocycles. The zero-order valence-electron chi connectivity index (χ0n) is 17.7. The van der Waals surface area contributed by atoms with Gasteiger partial charge in [-0.2, -0.15) is 0 Å². The molecule has 2 aromatic carbocycles. The minimum Gasteiger partial charge on any atom is -0.466 e. The molecule has 2 N–H and O–H groups in total. The average Bonchev–Trinajstić information content (AvgIpc) is 3.28. The normalized spacial score (nSPS) is 10.8. The molecule has 0 aliphatic heterocycles. The summed E-state index contributed by atoms with van der Waals surface area (Å²) in [4.78, 5) is 29.4. The summed E-state index contributed by atoms with van der Waals surface area (Å²) in [6.07, 6.45) is 5.15. The van der Waals surface area contributed by atoms with Gasteiger partial charge in [0.05, 0.1) is 18.6 Å². The summed E-state index contributed by atoms with van der Waals surface area (Å²) in [7, 11) is 0. The number of hydrogen-bond acceptors (Lipinski definition) is 6. The molecule has 0 fully saturated rings. The van der Waals surface area contributed by atoms with Crippen molar-refractivity contribution in [2.45, 2.75) is 19.9 Å². The van der Waals surface area contributed by atoms with Crippen molar-refractivity contribution in [3.05, 3.63) is 89.9 Å². The quantitative estimate of drug-likeness (QED) is 0.355. The lowest BCUT2D eigenvalue weighted by atomic mass is 10.0. The van der Waals surface area contributed by atoms with Crippen molar-refractivity contribution in [3.63, 3.8) is 0 Å². The molecule has 7 heteroatoms. The highest BCUT2D eigenvalue weighted by Crippen LogP contribution is 2.27. The standard InChI is InChI=1S/C25H23N3O4/c1-2-31-23(29)14-19-7-3-4-9-22(19)32-25(30)20-13-21(24-27-10-11-28(24)16-20)18-8-5-6-17(12-18)15-26/h3-13,16H,2,14-15,26H2,1H3. The number of fused-ring (bicyclic) bond motifs is 1. The first-order chi connectivity index (χ1) is 15.6. The predicted octanol–water partition coefficient (Wildman–Crippen LogP) is 3.78. The van der Waals surface area contributed by atoms with E-state index in [0.717, 1.165) is 22.3 Å². The first-order valence-corrected chi connectivity index (χ1v) is 10.3. The summed E-state index contributed by atoms with van der Waals surface area (Å²) < 4.78 is 12.5. The molecule has 32 heavy (non-hydrogen) atoms. The van der Waals surface area contributed by atoms with Crippen LogP contribution in [-0.2, 0) is 22.5 Å². The SMILES string of the molecule is CCOC(=O)Cc1ccccc1OC(=O)c1cc(-c2cccc(CN)c2)c2nccn2c1. The molecule has 0 saturated carbocycles. The molecular formula is C25H23N3O4. The third kappa shape index (κ3) is 4.53. The van der Waals surface area contributed by atoms with Gasteiger partial charge in [0.2, 0.25) is 0 Å². The van der Waals surface area contributed by atoms with E-state index < -0.39 is 5.97 Å². The maximum absolute atomic E-state index is 13.1. The molecule has 0 bridgehead atoms. The summed E-state index contributed by atoms with van der Waals surface area (Å²) in [5.41, 5.74) is 10.1. The molecule has 7 nitrogen and oxygen atoms in total. The Morgan fingerprint density at radius 1 is 1.09 bits per heavy atom. The fraction of sp³-hybridized carbons (Fsp3) is 0.160. The lowest BCUT2D eigenvalue weighted by Gasteiger charge is -2.12. The first-order valence-electron chi connectivity index (χ1n) is 10.3. The summed E-state index contributed by atoms with van der Waals surface area (Å²) in [5.74, 6) is -0.589. The minimum atomic E-state index is -0.534. The van der Waals surface area contributed by atoms with Crippen LogP contribution in [0.3, 0.4) is 0 Å². The molecule has 0 atom stereocenters. The molecule has 4 rings (SSSR count). The summed E-state index contributed by atoms with van der Waals surface area (Å²) >= 11 is 0. The van der Waals surface area contributed by atoms with E-state index in [1.807, 2.05) is 24.3 Å². The molecule has 2 heterocycles. The van der Waals surface area contributed by atoms with Crippen LogP contribution in [0.1, 0.15) is 28.4 Å². The Balaban J connectivity index is 1.68. The lowest BCUT2D eigenvalue weighted by Crippen LogP contribution is -2.13. The summed E-state index contributed by atoms with van der Waals surface area (Å²) in [5, 5.41) is 0. The van der Waals surface area contributed by atoms with E-state index >= 15 is 0 Å². The number of ether oxygens (including phenoxy) is 2. The van der Waals surface area contributed by atoms with Crippen LogP contribution in [0.15, 0.2) is 73.2 Å². The van der Waals surface area contributed by atoms with Gasteiger partial charge >= 0.3 is 11.9 Å². The second-order valence-corrected chi connectivity index (χ2v) is 7.18. The van der Waals surface area contributed by atoms with Crippen molar-refractivity contribution in [1.82, 2.24) is 9.38 Å². The number of esters is 2. The maximum Gasteiger partial charge on any atom is 0.345 e. The molecule has 0 radical (unpaired) electrons. The third-order valence-corrected chi connectivity index (χ3v) is 5.01. The maximum atomic E-state index is 13.1. The lowest BCUT2D eigenvalue weighted by molar-refractivity contribution is -0.142. The highest BCUT2D eigenvalue weighted by atomic mass is 16.5. The molecule has 0 amide bonds. The van der Waals surface area contributed by atoms with Crippen molar-refractivity contribution < 1.29 is 19.1 Å². The smallest absolute Gasteiger partial charge is 0.345 e. The van der Waals surface area contributed by atoms with Gasteiger partial charge in [-0.1, -0.05) is 36.4 Å². The van der Waals surface area contributed by atoms with Gasteiger partial charge in [0, 0.05) is 36.3 Å². The van der Waals surface area contributed by atoms with Gasteiger partial charge in [0.1, 0.15) is 11.4 Å². The van der Waals surface area contributed by atoms with Crippen molar-refractivity contribution in [1.29, 1.82) is 0 Å². The van der Waals surface area contributed by atoms with Gasteiger partial charge in [-0.3, -0.25) is 4.79 Å². The molecule has 0 saturated heterocycles. The molecule has 0 spiro atoms. The fourth-order valence-electron chi connectivity index (χ4n) is 3.50. The monoisotopic (exact) mass is 429 g/mol. The minimum absolute atomic E-state index is 0.0228. The first kappa shape index (κ1) is 21.3. The zero-order valence-corrected chi connectivity index (χ0v) is 17.7. The van der Waals surface area contributed by atoms with Crippen molar-refractivity contribution >= 4 is 17.6 Å². The van der Waals surface area contributed by atoms with Gasteiger partial charge in [0.15, 0.2) is 0 Å². The predicted molar refractivity (Wildman–Crippen MR) is 120 cm³/mol. The number of benzene rings is 2. The summed E-state index contributed by atoms with van der Waals surface area (Å²) in [6.45, 7) is 2.45. The van der Waals surface area contributed by atoms with Gasteiger partial charge < -0.3 is 19.6 Å². The van der Waals surface area contributed by atoms with Crippen LogP contribution in [0.4, 0.5) is 0 Å². The van der Waals surface area contributed by atoms with E-state index in [0.29, 0.717) is 30.0 Å². The van der Waals surface area contributed by atoms with Crippen molar-refractivity contribution in [3.8, 4) is 16.9 Å². The van der Waals surface area contributed by atoms with Gasteiger partial charge in [-0.05, 0) is 36.2 Å². The van der Waals surface area contributed by atoms with E-state index in [1.54, 1.807) is 60.2 Å². The second kappa shape index (κ2) is 9.45. The van der Waals surface area contributed by atoms with Gasteiger partial charge in [0.25, 0.3) is 0 Å². The van der Waals surface area contributed by atoms with Crippen LogP contribution >= 0.6 is 0 Å². The Kier molecular flexibility index (Phi) is 6.28. The molecule has 0 aliphatic carbocycles. The van der Waals surface area contributed by atoms with E-state index in [2.05, 4.69) is 4.98 Å². The summed E-state index contributed by atoms with van der Waals surface area (Å²) in [6, 6.07) is 16.5. The van der Waals surface area contributed by atoms with E-state index in [9.17, 15) is 9.59 Å². The van der Waals surface area contributed by atoms with Crippen LogP contribution in [0.25, 0.3) is 16.8 Å². The van der Waals surface area contributed by atoms with Crippen LogP contribution in [0.2, 0.25) is 0 Å². The van der Waals surface area contributed by atoms with Gasteiger partial charge in [-0.25, -0.2) is 9.78 Å². The molecule has 0 unspecified atom stereocenters. The number of nitrogens with two attached hydrogens (primary N) is 1. The average molecular weight is 429 g/mol. The number of pyridine rings is 1. The zero-order chi connectivity index (χ0) is 22.5. The number of rotatable bonds is 7. The fourth-order valence-corrected chi connectivity index (χ4v) is 3.50. The highest BCUT2D eigenvalue weighted by molar-refractivity contribution is 5.94. The molecule has 0 aliphatic rings. The van der Waals surface area contributed by atoms with Gasteiger partial charge in [-0.15, -0.1) is 0 Å². The Labute approximate surface area is 185 Å². The Bertz CT molecular complexity index is 1280. The largest absolute Gasteiger partial charge is 0.466 e. The third-order valence-electron chi connectivity index (χ3n) is 5.01. The van der Waals surface area contributed by atoms with Crippen LogP contribution in [0.5, 0.6) is 5.75 Å².